The first-order valence-corrected chi connectivity index (χ1v) is 8.80. The average molecular weight is 340 g/mol. The lowest BCUT2D eigenvalue weighted by Gasteiger charge is -2.28. The number of anilines is 1. The van der Waals surface area contributed by atoms with E-state index in [0.29, 0.717) is 48.4 Å². The van der Waals surface area contributed by atoms with Crippen molar-refractivity contribution >= 4 is 23.4 Å². The predicted molar refractivity (Wildman–Crippen MR) is 90.5 cm³/mol. The summed E-state index contributed by atoms with van der Waals surface area (Å²) in [7, 11) is 0. The van der Waals surface area contributed by atoms with E-state index >= 15 is 0 Å². The Labute approximate surface area is 146 Å². The Bertz CT molecular complexity index is 784. The number of benzene rings is 1. The van der Waals surface area contributed by atoms with Gasteiger partial charge in [-0.2, -0.15) is 0 Å². The van der Waals surface area contributed by atoms with Gasteiger partial charge in [-0.25, -0.2) is 9.96 Å². The number of hydrogen-bond donors (Lipinski definition) is 0. The molecule has 0 bridgehead atoms. The molecule has 4 rings (SSSR count). The Morgan fingerprint density at radius 3 is 2.32 bits per heavy atom. The Morgan fingerprint density at radius 1 is 1.00 bits per heavy atom. The summed E-state index contributed by atoms with van der Waals surface area (Å²) in [5.41, 5.74) is 3.04. The van der Waals surface area contributed by atoms with Gasteiger partial charge in [0.2, 0.25) is 0 Å². The van der Waals surface area contributed by atoms with Crippen molar-refractivity contribution in [3.63, 3.8) is 0 Å². The van der Waals surface area contributed by atoms with Crippen molar-refractivity contribution in [1.29, 1.82) is 0 Å². The van der Waals surface area contributed by atoms with Crippen LogP contribution in [0.3, 0.4) is 0 Å². The van der Waals surface area contributed by atoms with Crippen molar-refractivity contribution in [2.45, 2.75) is 45.6 Å². The van der Waals surface area contributed by atoms with Gasteiger partial charge in [0.25, 0.3) is 17.7 Å². The van der Waals surface area contributed by atoms with E-state index in [2.05, 4.69) is 0 Å². The molecule has 130 valence electrons. The summed E-state index contributed by atoms with van der Waals surface area (Å²) in [5, 5.41) is 1.35. The summed E-state index contributed by atoms with van der Waals surface area (Å²) in [6.07, 6.45) is 4.01. The second-order valence-corrected chi connectivity index (χ2v) is 6.63. The minimum absolute atomic E-state index is 0.221. The van der Waals surface area contributed by atoms with E-state index in [0.717, 1.165) is 24.8 Å². The smallest absolute Gasteiger partial charge is 0.269 e. The van der Waals surface area contributed by atoms with Gasteiger partial charge in [-0.15, -0.1) is 0 Å². The van der Waals surface area contributed by atoms with Gasteiger partial charge < -0.3 is 0 Å². The molecule has 0 aromatic heterocycles. The molecule has 25 heavy (non-hydrogen) atoms. The number of fused-ring (bicyclic) bond motifs is 1. The molecule has 0 unspecified atom stereocenters. The molecule has 0 saturated heterocycles. The number of hydrogen-bond acceptors (Lipinski definition) is 4. The number of rotatable bonds is 3. The number of carbonyl (C=O) groups excluding carboxylic acids is 3. The predicted octanol–water partition coefficient (Wildman–Crippen LogP) is 2.73. The zero-order valence-electron chi connectivity index (χ0n) is 14.2. The molecule has 0 spiro atoms. The van der Waals surface area contributed by atoms with Crippen LogP contribution in [0, 0.1) is 0 Å². The van der Waals surface area contributed by atoms with Crippen LogP contribution in [-0.4, -0.2) is 29.3 Å². The van der Waals surface area contributed by atoms with Gasteiger partial charge in [0.1, 0.15) is 6.61 Å². The third-order valence-corrected chi connectivity index (χ3v) is 5.00. The third kappa shape index (κ3) is 2.48. The van der Waals surface area contributed by atoms with Crippen LogP contribution in [0.25, 0.3) is 0 Å². The van der Waals surface area contributed by atoms with Crippen LogP contribution in [0.2, 0.25) is 0 Å². The van der Waals surface area contributed by atoms with Crippen molar-refractivity contribution in [2.24, 2.45) is 0 Å². The SMILES string of the molecule is CCCN1OCc2ccc(N3C(=O)C4=C(CCCC4)C3=O)cc2C1=O. The van der Waals surface area contributed by atoms with E-state index in [1.54, 1.807) is 18.2 Å². The van der Waals surface area contributed by atoms with E-state index in [4.69, 9.17) is 4.84 Å². The van der Waals surface area contributed by atoms with Gasteiger partial charge >= 0.3 is 0 Å². The molecule has 0 fully saturated rings. The molecule has 0 saturated carbocycles. The number of nitrogens with zero attached hydrogens (tertiary/aromatic N) is 2. The summed E-state index contributed by atoms with van der Waals surface area (Å²) in [6, 6.07) is 5.14. The molecule has 0 N–H and O–H groups in total. The summed E-state index contributed by atoms with van der Waals surface area (Å²) in [6.45, 7) is 2.80. The zero-order chi connectivity index (χ0) is 17.6. The largest absolute Gasteiger partial charge is 0.277 e. The standard InChI is InChI=1S/C19H20N2O4/c1-2-9-20-17(22)16-10-13(8-7-12(16)11-25-20)21-18(23)14-5-3-4-6-15(14)19(21)24/h7-8,10H,2-6,9,11H2,1H3. The normalized spacial score (nSPS) is 20.3. The van der Waals surface area contributed by atoms with Gasteiger partial charge in [0, 0.05) is 23.3 Å². The van der Waals surface area contributed by atoms with E-state index in [-0.39, 0.29) is 17.7 Å². The molecule has 6 heteroatoms. The molecule has 3 aliphatic rings. The maximum atomic E-state index is 12.7. The second-order valence-electron chi connectivity index (χ2n) is 6.63. The average Bonchev–Trinajstić information content (AvgIpc) is 2.89. The summed E-state index contributed by atoms with van der Waals surface area (Å²) < 4.78 is 0. The highest BCUT2D eigenvalue weighted by Crippen LogP contribution is 2.36. The fraction of sp³-hybridized carbons (Fsp3) is 0.421. The Kier molecular flexibility index (Phi) is 3.92. The van der Waals surface area contributed by atoms with Crippen LogP contribution < -0.4 is 4.90 Å². The summed E-state index contributed by atoms with van der Waals surface area (Å²) >= 11 is 0. The second kappa shape index (κ2) is 6.11. The Morgan fingerprint density at radius 2 is 1.68 bits per heavy atom. The Hall–Kier alpha value is -2.47. The van der Waals surface area contributed by atoms with Crippen molar-refractivity contribution in [1.82, 2.24) is 5.06 Å². The lowest BCUT2D eigenvalue weighted by atomic mass is 9.93. The fourth-order valence-electron chi connectivity index (χ4n) is 3.71. The van der Waals surface area contributed by atoms with Crippen LogP contribution >= 0.6 is 0 Å². The molecule has 1 aliphatic carbocycles. The molecular formula is C19H20N2O4. The first-order valence-electron chi connectivity index (χ1n) is 8.80. The molecule has 3 amide bonds. The summed E-state index contributed by atoms with van der Waals surface area (Å²) in [5.74, 6) is -0.684. The molecule has 1 aromatic rings. The highest BCUT2D eigenvalue weighted by Gasteiger charge is 2.40. The van der Waals surface area contributed by atoms with E-state index in [9.17, 15) is 14.4 Å². The maximum Gasteiger partial charge on any atom is 0.277 e. The van der Waals surface area contributed by atoms with Crippen LogP contribution in [-0.2, 0) is 21.0 Å². The minimum Gasteiger partial charge on any atom is -0.269 e. The van der Waals surface area contributed by atoms with Gasteiger partial charge in [-0.3, -0.25) is 19.2 Å². The van der Waals surface area contributed by atoms with Crippen molar-refractivity contribution in [3.05, 3.63) is 40.5 Å². The first-order chi connectivity index (χ1) is 12.1. The van der Waals surface area contributed by atoms with Crippen LogP contribution in [0.1, 0.15) is 54.9 Å². The van der Waals surface area contributed by atoms with Crippen molar-refractivity contribution < 1.29 is 19.2 Å². The van der Waals surface area contributed by atoms with Crippen LogP contribution in [0.4, 0.5) is 5.69 Å². The molecule has 0 atom stereocenters. The monoisotopic (exact) mass is 340 g/mol. The fourth-order valence-corrected chi connectivity index (χ4v) is 3.71. The van der Waals surface area contributed by atoms with Crippen LogP contribution in [0.15, 0.2) is 29.3 Å². The molecule has 6 nitrogen and oxygen atoms in total. The summed E-state index contributed by atoms with van der Waals surface area (Å²) in [4.78, 5) is 44.7. The topological polar surface area (TPSA) is 66.9 Å². The van der Waals surface area contributed by atoms with Crippen LogP contribution in [0.5, 0.6) is 0 Å². The number of carbonyl (C=O) groups is 3. The Balaban J connectivity index is 1.68. The quantitative estimate of drug-likeness (QED) is 0.794. The number of hydroxylamine groups is 2. The maximum absolute atomic E-state index is 12.7. The van der Waals surface area contributed by atoms with Gasteiger partial charge in [-0.1, -0.05) is 13.0 Å². The van der Waals surface area contributed by atoms with Gasteiger partial charge in [0.05, 0.1) is 5.69 Å². The van der Waals surface area contributed by atoms with E-state index in [1.165, 1.54) is 9.96 Å². The minimum atomic E-state index is -0.232. The van der Waals surface area contributed by atoms with Gasteiger partial charge in [0.15, 0.2) is 0 Å². The van der Waals surface area contributed by atoms with E-state index < -0.39 is 0 Å². The van der Waals surface area contributed by atoms with E-state index in [1.807, 2.05) is 6.92 Å². The highest BCUT2D eigenvalue weighted by atomic mass is 16.7. The van der Waals surface area contributed by atoms with Gasteiger partial charge in [-0.05, 0) is 49.8 Å². The zero-order valence-corrected chi connectivity index (χ0v) is 14.2. The van der Waals surface area contributed by atoms with Crippen molar-refractivity contribution in [3.8, 4) is 0 Å². The molecule has 2 heterocycles. The molecule has 0 radical (unpaired) electrons. The lowest BCUT2D eigenvalue weighted by Crippen LogP contribution is -2.37. The number of amides is 3. The first kappa shape index (κ1) is 16.0. The molecule has 2 aliphatic heterocycles. The number of imide groups is 1. The highest BCUT2D eigenvalue weighted by molar-refractivity contribution is 6.33. The lowest BCUT2D eigenvalue weighted by molar-refractivity contribution is -0.140. The molecular weight excluding hydrogens is 320 g/mol. The third-order valence-electron chi connectivity index (χ3n) is 5.00. The molecule has 1 aromatic carbocycles. The van der Waals surface area contributed by atoms with Crippen molar-refractivity contribution in [2.75, 3.05) is 11.4 Å².